The Kier molecular flexibility index (Phi) is 5.69. The first-order valence-corrected chi connectivity index (χ1v) is 8.70. The molecule has 5 nitrogen and oxygen atoms in total. The van der Waals surface area contributed by atoms with E-state index in [0.717, 1.165) is 0 Å². The van der Waals surface area contributed by atoms with Gasteiger partial charge in [0.15, 0.2) is 11.5 Å². The fourth-order valence-corrected chi connectivity index (χ4v) is 3.71. The number of nitrogens with zero attached hydrogens (tertiary/aromatic N) is 1. The minimum atomic E-state index is 0. The molecule has 0 aromatic heterocycles. The number of carbonyl (C=O) groups excluding carboxylic acids is 1. The number of likely N-dealkylation sites (tertiary alicyclic amines) is 1. The summed E-state index contributed by atoms with van der Waals surface area (Å²) in [5.74, 6) is 1.93. The zero-order chi connectivity index (χ0) is 17.2. The van der Waals surface area contributed by atoms with Crippen molar-refractivity contribution in [2.45, 2.75) is 5.92 Å². The second-order valence-corrected chi connectivity index (χ2v) is 6.58. The maximum absolute atomic E-state index is 13.0. The first kappa shape index (κ1) is 18.5. The summed E-state index contributed by atoms with van der Waals surface area (Å²) in [6.07, 6.45) is 0. The van der Waals surface area contributed by atoms with Gasteiger partial charge in [-0.1, -0.05) is 30.3 Å². The normalized spacial score (nSPS) is 21.2. The Hall–Kier alpha value is -2.24. The zero-order valence-electron chi connectivity index (χ0n) is 14.5. The molecule has 2 aromatic rings. The number of nitrogens with two attached hydrogens (primary N) is 1. The minimum absolute atomic E-state index is 0. The van der Waals surface area contributed by atoms with Crippen LogP contribution in [0.1, 0.15) is 21.8 Å². The van der Waals surface area contributed by atoms with Gasteiger partial charge in [0.1, 0.15) is 13.2 Å². The Morgan fingerprint density at radius 2 is 1.77 bits per heavy atom. The fraction of sp³-hybridized carbons (Fsp3) is 0.350. The molecular weight excluding hydrogens is 352 g/mol. The van der Waals surface area contributed by atoms with Crippen molar-refractivity contribution < 1.29 is 14.3 Å². The Morgan fingerprint density at radius 3 is 2.50 bits per heavy atom. The van der Waals surface area contributed by atoms with Gasteiger partial charge in [-0.15, -0.1) is 12.4 Å². The van der Waals surface area contributed by atoms with E-state index in [1.165, 1.54) is 5.56 Å². The van der Waals surface area contributed by atoms with Crippen molar-refractivity contribution in [2.24, 2.45) is 11.7 Å². The average molecular weight is 375 g/mol. The number of ether oxygens (including phenoxy) is 2. The quantitative estimate of drug-likeness (QED) is 0.897. The van der Waals surface area contributed by atoms with Crippen LogP contribution >= 0.6 is 12.4 Å². The molecule has 2 aliphatic rings. The van der Waals surface area contributed by atoms with Gasteiger partial charge in [-0.3, -0.25) is 4.79 Å². The van der Waals surface area contributed by atoms with Crippen molar-refractivity contribution in [1.29, 1.82) is 0 Å². The smallest absolute Gasteiger partial charge is 0.254 e. The van der Waals surface area contributed by atoms with E-state index < -0.39 is 0 Å². The van der Waals surface area contributed by atoms with Crippen LogP contribution in [0.5, 0.6) is 11.5 Å². The van der Waals surface area contributed by atoms with Crippen molar-refractivity contribution in [3.05, 3.63) is 59.7 Å². The van der Waals surface area contributed by atoms with Crippen LogP contribution in [-0.2, 0) is 0 Å². The molecule has 2 N–H and O–H groups in total. The number of carbonyl (C=O) groups is 1. The molecule has 1 saturated heterocycles. The highest BCUT2D eigenvalue weighted by molar-refractivity contribution is 5.95. The van der Waals surface area contributed by atoms with Crippen LogP contribution in [0.25, 0.3) is 0 Å². The molecule has 2 aliphatic heterocycles. The fourth-order valence-electron chi connectivity index (χ4n) is 3.71. The van der Waals surface area contributed by atoms with E-state index in [2.05, 4.69) is 12.1 Å². The molecule has 0 spiro atoms. The molecule has 0 aliphatic carbocycles. The van der Waals surface area contributed by atoms with Gasteiger partial charge in [0.05, 0.1) is 0 Å². The Bertz CT molecular complexity index is 769. The lowest BCUT2D eigenvalue weighted by atomic mass is 9.89. The second kappa shape index (κ2) is 7.98. The standard InChI is InChI=1S/C20H22N2O3.ClH/c21-11-16-12-22(13-17(16)14-4-2-1-3-5-14)20(23)15-6-7-18-19(10-15)25-9-8-24-18;/h1-7,10,16-17H,8-9,11-13,21H2;1H/t16-,17+;/m1./s1. The van der Waals surface area contributed by atoms with E-state index in [1.54, 1.807) is 6.07 Å². The summed E-state index contributed by atoms with van der Waals surface area (Å²) in [6.45, 7) is 3.01. The molecule has 1 amide bonds. The highest BCUT2D eigenvalue weighted by Gasteiger charge is 2.35. The Balaban J connectivity index is 0.00000196. The molecule has 2 heterocycles. The van der Waals surface area contributed by atoms with Crippen LogP contribution in [0.15, 0.2) is 48.5 Å². The third-order valence-corrected chi connectivity index (χ3v) is 5.05. The van der Waals surface area contributed by atoms with Crippen molar-refractivity contribution in [3.8, 4) is 11.5 Å². The first-order valence-electron chi connectivity index (χ1n) is 8.70. The van der Waals surface area contributed by atoms with E-state index in [4.69, 9.17) is 15.2 Å². The van der Waals surface area contributed by atoms with E-state index in [-0.39, 0.29) is 30.2 Å². The molecule has 0 radical (unpaired) electrons. The number of hydrogen-bond acceptors (Lipinski definition) is 4. The van der Waals surface area contributed by atoms with E-state index in [9.17, 15) is 4.79 Å². The zero-order valence-corrected chi connectivity index (χ0v) is 15.3. The SMILES string of the molecule is Cl.NC[C@@H]1CN(C(=O)c2ccc3c(c2)OCCO3)C[C@H]1c1ccccc1. The molecule has 0 unspecified atom stereocenters. The summed E-state index contributed by atoms with van der Waals surface area (Å²) in [5.41, 5.74) is 7.86. The van der Waals surface area contributed by atoms with Crippen LogP contribution < -0.4 is 15.2 Å². The van der Waals surface area contributed by atoms with E-state index in [1.807, 2.05) is 35.2 Å². The number of benzene rings is 2. The first-order chi connectivity index (χ1) is 12.3. The van der Waals surface area contributed by atoms with Crippen molar-refractivity contribution in [3.63, 3.8) is 0 Å². The van der Waals surface area contributed by atoms with Crippen molar-refractivity contribution >= 4 is 18.3 Å². The lowest BCUT2D eigenvalue weighted by Gasteiger charge is -2.21. The predicted octanol–water partition coefficient (Wildman–Crippen LogP) is 2.69. The predicted molar refractivity (Wildman–Crippen MR) is 102 cm³/mol. The molecular formula is C20H23ClN2O3. The van der Waals surface area contributed by atoms with Gasteiger partial charge in [-0.2, -0.15) is 0 Å². The highest BCUT2D eigenvalue weighted by Crippen LogP contribution is 2.35. The van der Waals surface area contributed by atoms with Crippen molar-refractivity contribution in [1.82, 2.24) is 4.90 Å². The van der Waals surface area contributed by atoms with Crippen LogP contribution in [0.3, 0.4) is 0 Å². The van der Waals surface area contributed by atoms with Crippen LogP contribution in [0.2, 0.25) is 0 Å². The van der Waals surface area contributed by atoms with Gasteiger partial charge >= 0.3 is 0 Å². The molecule has 1 fully saturated rings. The third kappa shape index (κ3) is 3.50. The largest absolute Gasteiger partial charge is 0.486 e. The van der Waals surface area contributed by atoms with Gasteiger partial charge in [0.2, 0.25) is 0 Å². The summed E-state index contributed by atoms with van der Waals surface area (Å²) in [7, 11) is 0. The number of fused-ring (bicyclic) bond motifs is 1. The van der Waals surface area contributed by atoms with E-state index in [0.29, 0.717) is 49.9 Å². The number of amides is 1. The van der Waals surface area contributed by atoms with Crippen LogP contribution in [0, 0.1) is 5.92 Å². The molecule has 138 valence electrons. The van der Waals surface area contributed by atoms with Gasteiger partial charge in [0, 0.05) is 24.6 Å². The second-order valence-electron chi connectivity index (χ2n) is 6.58. The summed E-state index contributed by atoms with van der Waals surface area (Å²) < 4.78 is 11.1. The molecule has 2 atom stereocenters. The molecule has 0 saturated carbocycles. The van der Waals surface area contributed by atoms with Crippen LogP contribution in [0.4, 0.5) is 0 Å². The summed E-state index contributed by atoms with van der Waals surface area (Å²) in [4.78, 5) is 14.9. The number of rotatable bonds is 3. The Labute approximate surface area is 159 Å². The third-order valence-electron chi connectivity index (χ3n) is 5.05. The molecule has 6 heteroatoms. The minimum Gasteiger partial charge on any atom is -0.486 e. The summed E-state index contributed by atoms with van der Waals surface area (Å²) >= 11 is 0. The topological polar surface area (TPSA) is 64.8 Å². The van der Waals surface area contributed by atoms with Gasteiger partial charge in [0.25, 0.3) is 5.91 Å². The number of hydrogen-bond donors (Lipinski definition) is 1. The maximum atomic E-state index is 13.0. The highest BCUT2D eigenvalue weighted by atomic mass is 35.5. The summed E-state index contributed by atoms with van der Waals surface area (Å²) in [6, 6.07) is 15.7. The van der Waals surface area contributed by atoms with Crippen LogP contribution in [-0.4, -0.2) is 43.7 Å². The average Bonchev–Trinajstić information content (AvgIpc) is 3.12. The maximum Gasteiger partial charge on any atom is 0.254 e. The monoisotopic (exact) mass is 374 g/mol. The summed E-state index contributed by atoms with van der Waals surface area (Å²) in [5, 5.41) is 0. The molecule has 4 rings (SSSR count). The molecule has 26 heavy (non-hydrogen) atoms. The number of halogens is 1. The molecule has 2 aromatic carbocycles. The van der Waals surface area contributed by atoms with Gasteiger partial charge < -0.3 is 20.1 Å². The molecule has 0 bridgehead atoms. The lowest BCUT2D eigenvalue weighted by Crippen LogP contribution is -2.30. The van der Waals surface area contributed by atoms with Gasteiger partial charge in [-0.25, -0.2) is 0 Å². The van der Waals surface area contributed by atoms with E-state index >= 15 is 0 Å². The Morgan fingerprint density at radius 1 is 1.04 bits per heavy atom. The lowest BCUT2D eigenvalue weighted by molar-refractivity contribution is 0.0785. The van der Waals surface area contributed by atoms with Crippen molar-refractivity contribution in [2.75, 3.05) is 32.8 Å². The van der Waals surface area contributed by atoms with Gasteiger partial charge in [-0.05, 0) is 36.2 Å².